The van der Waals surface area contributed by atoms with E-state index in [4.69, 9.17) is 10.5 Å². The average Bonchev–Trinajstić information content (AvgIpc) is 2.23. The van der Waals surface area contributed by atoms with Crippen LogP contribution in [-0.4, -0.2) is 25.3 Å². The summed E-state index contributed by atoms with van der Waals surface area (Å²) in [5.41, 5.74) is 10.3. The Balaban J connectivity index is 2.04. The summed E-state index contributed by atoms with van der Waals surface area (Å²) in [6.45, 7) is 1.74. The van der Waals surface area contributed by atoms with Gasteiger partial charge in [0.1, 0.15) is 5.82 Å². The zero-order valence-electron chi connectivity index (χ0n) is 8.49. The zero-order chi connectivity index (χ0) is 9.97. The first-order chi connectivity index (χ1) is 6.77. The van der Waals surface area contributed by atoms with E-state index in [1.165, 1.54) is 5.70 Å². The largest absolute Gasteiger partial charge is 0.384 e. The maximum atomic E-state index is 5.73. The Hall–Kier alpha value is -1.16. The highest BCUT2D eigenvalue weighted by atomic mass is 16.5. The van der Waals surface area contributed by atoms with Gasteiger partial charge in [0.05, 0.1) is 0 Å². The normalized spacial score (nSPS) is 23.9. The number of hydrogen-bond donors (Lipinski definition) is 2. The number of nitrogens with zero attached hydrogens (tertiary/aromatic N) is 1. The topological polar surface area (TPSA) is 50.5 Å². The second-order valence-electron chi connectivity index (χ2n) is 3.77. The van der Waals surface area contributed by atoms with Gasteiger partial charge in [-0.15, -0.1) is 0 Å². The van der Waals surface area contributed by atoms with Crippen molar-refractivity contribution in [2.45, 2.75) is 12.8 Å². The lowest BCUT2D eigenvalue weighted by atomic mass is 9.96. The van der Waals surface area contributed by atoms with E-state index in [2.05, 4.69) is 11.5 Å². The fourth-order valence-corrected chi connectivity index (χ4v) is 1.82. The molecule has 0 radical (unpaired) electrons. The molecule has 0 saturated carbocycles. The van der Waals surface area contributed by atoms with Crippen molar-refractivity contribution in [1.29, 1.82) is 0 Å². The van der Waals surface area contributed by atoms with E-state index in [9.17, 15) is 0 Å². The predicted octanol–water partition coefficient (Wildman–Crippen LogP) is 0.547. The number of allylic oxidation sites excluding steroid dienone is 3. The predicted molar refractivity (Wildman–Crippen MR) is 54.8 cm³/mol. The molecule has 0 atom stereocenters. The van der Waals surface area contributed by atoms with E-state index in [1.54, 1.807) is 0 Å². The molecule has 14 heavy (non-hydrogen) atoms. The van der Waals surface area contributed by atoms with Crippen LogP contribution in [0.1, 0.15) is 12.8 Å². The van der Waals surface area contributed by atoms with Crippen LogP contribution in [0.3, 0.4) is 0 Å². The molecular formula is C10H17N3O. The van der Waals surface area contributed by atoms with Gasteiger partial charge in [0.2, 0.25) is 0 Å². The fraction of sp³-hybridized carbons (Fsp3) is 0.600. The molecule has 0 aromatic rings. The van der Waals surface area contributed by atoms with Crippen molar-refractivity contribution in [2.24, 2.45) is 11.7 Å². The quantitative estimate of drug-likeness (QED) is 0.641. The van der Waals surface area contributed by atoms with Crippen LogP contribution in [0.2, 0.25) is 0 Å². The lowest BCUT2D eigenvalue weighted by Gasteiger charge is -2.32. The molecule has 0 aromatic carbocycles. The van der Waals surface area contributed by atoms with Crippen LogP contribution in [0.25, 0.3) is 0 Å². The first-order valence-corrected chi connectivity index (χ1v) is 5.03. The van der Waals surface area contributed by atoms with Gasteiger partial charge in [-0.25, -0.2) is 0 Å². The molecule has 2 aliphatic heterocycles. The van der Waals surface area contributed by atoms with Crippen LogP contribution in [0.4, 0.5) is 0 Å². The molecule has 3 N–H and O–H groups in total. The van der Waals surface area contributed by atoms with Crippen LogP contribution in [-0.2, 0) is 4.74 Å². The lowest BCUT2D eigenvalue weighted by Crippen LogP contribution is -2.41. The summed E-state index contributed by atoms with van der Waals surface area (Å²) in [7, 11) is 1.93. The third kappa shape index (κ3) is 1.85. The number of hydrogen-bond acceptors (Lipinski definition) is 4. The first kappa shape index (κ1) is 9.40. The summed E-state index contributed by atoms with van der Waals surface area (Å²) >= 11 is 0. The lowest BCUT2D eigenvalue weighted by molar-refractivity contribution is 0.0709. The summed E-state index contributed by atoms with van der Waals surface area (Å²) < 4.78 is 5.33. The average molecular weight is 195 g/mol. The van der Waals surface area contributed by atoms with Crippen LogP contribution in [0.5, 0.6) is 0 Å². The highest BCUT2D eigenvalue weighted by Crippen LogP contribution is 2.23. The van der Waals surface area contributed by atoms with E-state index in [1.807, 2.05) is 18.1 Å². The van der Waals surface area contributed by atoms with E-state index < -0.39 is 0 Å². The Kier molecular flexibility index (Phi) is 2.63. The summed E-state index contributed by atoms with van der Waals surface area (Å²) in [6.07, 6.45) is 6.22. The number of nitrogens with one attached hydrogen (secondary N) is 1. The molecule has 1 saturated heterocycles. The highest BCUT2D eigenvalue weighted by molar-refractivity contribution is 5.20. The summed E-state index contributed by atoms with van der Waals surface area (Å²) in [5, 5.41) is 1.85. The maximum absolute atomic E-state index is 5.73. The van der Waals surface area contributed by atoms with Crippen molar-refractivity contribution in [3.8, 4) is 0 Å². The molecule has 0 unspecified atom stereocenters. The summed E-state index contributed by atoms with van der Waals surface area (Å²) in [5.74, 6) is 1.34. The van der Waals surface area contributed by atoms with E-state index in [0.717, 1.165) is 31.9 Å². The van der Waals surface area contributed by atoms with Gasteiger partial charge in [-0.1, -0.05) is 0 Å². The third-order valence-corrected chi connectivity index (χ3v) is 2.78. The second kappa shape index (κ2) is 3.92. The molecule has 2 aliphatic rings. The molecule has 0 aliphatic carbocycles. The van der Waals surface area contributed by atoms with Crippen molar-refractivity contribution >= 4 is 0 Å². The van der Waals surface area contributed by atoms with Crippen molar-refractivity contribution < 1.29 is 4.74 Å². The minimum absolute atomic E-state index is 0.593. The minimum atomic E-state index is 0.593. The number of nitrogens with two attached hydrogens (primary N) is 1. The van der Waals surface area contributed by atoms with Gasteiger partial charge in [0, 0.05) is 31.9 Å². The maximum Gasteiger partial charge on any atom is 0.117 e. The number of rotatable bonds is 1. The van der Waals surface area contributed by atoms with E-state index in [0.29, 0.717) is 5.92 Å². The second-order valence-corrected chi connectivity index (χ2v) is 3.77. The Morgan fingerprint density at radius 3 is 2.79 bits per heavy atom. The Labute approximate surface area is 84.4 Å². The van der Waals surface area contributed by atoms with Gasteiger partial charge < -0.3 is 15.9 Å². The smallest absolute Gasteiger partial charge is 0.117 e. The van der Waals surface area contributed by atoms with Crippen LogP contribution in [0, 0.1) is 5.92 Å². The number of hydrazine groups is 1. The van der Waals surface area contributed by atoms with Crippen molar-refractivity contribution in [3.63, 3.8) is 0 Å². The van der Waals surface area contributed by atoms with Gasteiger partial charge in [-0.2, -0.15) is 0 Å². The Bertz CT molecular complexity index is 267. The third-order valence-electron chi connectivity index (χ3n) is 2.78. The van der Waals surface area contributed by atoms with E-state index >= 15 is 0 Å². The van der Waals surface area contributed by atoms with Gasteiger partial charge in [-0.3, -0.25) is 5.01 Å². The SMILES string of the molecule is CN1NC(C2CCOCC2)=CC=C1N. The molecule has 2 heterocycles. The van der Waals surface area contributed by atoms with Crippen LogP contribution in [0.15, 0.2) is 23.7 Å². The van der Waals surface area contributed by atoms with Gasteiger partial charge in [0.15, 0.2) is 0 Å². The molecule has 2 rings (SSSR count). The summed E-state index contributed by atoms with van der Waals surface area (Å²) in [4.78, 5) is 0. The molecule has 0 bridgehead atoms. The standard InChI is InChI=1S/C10H17N3O/c1-13-10(11)3-2-9(12-13)8-4-6-14-7-5-8/h2-3,8,12H,4-7,11H2,1H3. The fourth-order valence-electron chi connectivity index (χ4n) is 1.82. The molecule has 1 fully saturated rings. The molecule has 78 valence electrons. The van der Waals surface area contributed by atoms with Gasteiger partial charge in [0.25, 0.3) is 0 Å². The first-order valence-electron chi connectivity index (χ1n) is 5.03. The van der Waals surface area contributed by atoms with Crippen molar-refractivity contribution in [2.75, 3.05) is 20.3 Å². The molecule has 4 heteroatoms. The Morgan fingerprint density at radius 2 is 2.14 bits per heavy atom. The van der Waals surface area contributed by atoms with Gasteiger partial charge >= 0.3 is 0 Å². The highest BCUT2D eigenvalue weighted by Gasteiger charge is 2.20. The molecule has 0 spiro atoms. The van der Waals surface area contributed by atoms with E-state index in [-0.39, 0.29) is 0 Å². The van der Waals surface area contributed by atoms with Gasteiger partial charge in [-0.05, 0) is 25.0 Å². The van der Waals surface area contributed by atoms with Crippen LogP contribution >= 0.6 is 0 Å². The zero-order valence-corrected chi connectivity index (χ0v) is 8.49. The minimum Gasteiger partial charge on any atom is -0.384 e. The Morgan fingerprint density at radius 1 is 1.43 bits per heavy atom. The molecule has 4 nitrogen and oxygen atoms in total. The summed E-state index contributed by atoms with van der Waals surface area (Å²) in [6, 6.07) is 0. The molecule has 0 aromatic heterocycles. The molecule has 0 amide bonds. The van der Waals surface area contributed by atoms with Crippen molar-refractivity contribution in [3.05, 3.63) is 23.7 Å². The van der Waals surface area contributed by atoms with Crippen LogP contribution < -0.4 is 11.2 Å². The monoisotopic (exact) mass is 195 g/mol. The number of ether oxygens (including phenoxy) is 1. The van der Waals surface area contributed by atoms with Crippen molar-refractivity contribution in [1.82, 2.24) is 10.4 Å². The molecular weight excluding hydrogens is 178 g/mol.